The molecule has 6 nitrogen and oxygen atoms in total. The highest BCUT2D eigenvalue weighted by molar-refractivity contribution is 6.31. The Morgan fingerprint density at radius 3 is 2.50 bits per heavy atom. The highest BCUT2D eigenvalue weighted by atomic mass is 35.5. The molecule has 0 bridgehead atoms. The van der Waals surface area contributed by atoms with E-state index >= 15 is 0 Å². The van der Waals surface area contributed by atoms with E-state index in [0.717, 1.165) is 28.2 Å². The maximum Gasteiger partial charge on any atom is 0.258 e. The molecular formula is C25H25ClN4O2. The fourth-order valence-corrected chi connectivity index (χ4v) is 3.67. The van der Waals surface area contributed by atoms with Gasteiger partial charge in [0.15, 0.2) is 0 Å². The summed E-state index contributed by atoms with van der Waals surface area (Å²) in [6.45, 7) is 2.28. The van der Waals surface area contributed by atoms with Gasteiger partial charge in [0.05, 0.1) is 5.71 Å². The minimum absolute atomic E-state index is 0.0163. The fraction of sp³-hybridized carbons (Fsp3) is 0.200. The van der Waals surface area contributed by atoms with E-state index < -0.39 is 0 Å². The Labute approximate surface area is 192 Å². The van der Waals surface area contributed by atoms with E-state index in [0.29, 0.717) is 18.1 Å². The lowest BCUT2D eigenvalue weighted by Crippen LogP contribution is -2.41. The number of rotatable bonds is 7. The molecule has 0 aromatic heterocycles. The molecule has 2 atom stereocenters. The Hall–Kier alpha value is -3.19. The first-order valence-corrected chi connectivity index (χ1v) is 10.8. The van der Waals surface area contributed by atoms with E-state index in [2.05, 4.69) is 21.4 Å². The van der Waals surface area contributed by atoms with E-state index in [1.165, 1.54) is 0 Å². The summed E-state index contributed by atoms with van der Waals surface area (Å²) in [5, 5.41) is 4.92. The first-order chi connectivity index (χ1) is 15.6. The van der Waals surface area contributed by atoms with Crippen molar-refractivity contribution in [3.05, 3.63) is 101 Å². The zero-order valence-electron chi connectivity index (χ0n) is 17.7. The van der Waals surface area contributed by atoms with Crippen molar-refractivity contribution < 1.29 is 9.53 Å². The molecule has 164 valence electrons. The van der Waals surface area contributed by atoms with Crippen molar-refractivity contribution in [1.82, 2.24) is 16.3 Å². The molecule has 2 unspecified atom stereocenters. The van der Waals surface area contributed by atoms with Crippen LogP contribution in [0.4, 0.5) is 0 Å². The number of hydrogen-bond acceptors (Lipinski definition) is 5. The number of nitrogens with one attached hydrogen (secondary N) is 3. The van der Waals surface area contributed by atoms with Crippen molar-refractivity contribution in [1.29, 1.82) is 0 Å². The molecule has 7 heteroatoms. The van der Waals surface area contributed by atoms with E-state index in [-0.39, 0.29) is 18.0 Å². The summed E-state index contributed by atoms with van der Waals surface area (Å²) in [6.07, 6.45) is 0.617. The molecule has 0 saturated carbocycles. The Bertz CT molecular complexity index is 1090. The summed E-state index contributed by atoms with van der Waals surface area (Å²) in [4.78, 5) is 12.5. The third-order valence-electron chi connectivity index (χ3n) is 5.38. The first-order valence-electron chi connectivity index (χ1n) is 10.5. The molecular weight excluding hydrogens is 424 g/mol. The number of ether oxygens (including phenoxy) is 1. The SMILES string of the molecule is C/C(=N\NC(=O)C1CC(c2ccc(OCc3ccccc3Cl)cc2)NN1)c1ccccc1. The van der Waals surface area contributed by atoms with Crippen molar-refractivity contribution in [2.75, 3.05) is 0 Å². The molecule has 1 heterocycles. The van der Waals surface area contributed by atoms with Crippen LogP contribution in [0.25, 0.3) is 0 Å². The average molecular weight is 449 g/mol. The van der Waals surface area contributed by atoms with E-state index in [9.17, 15) is 4.79 Å². The molecule has 3 aromatic rings. The molecule has 1 fully saturated rings. The van der Waals surface area contributed by atoms with Crippen molar-refractivity contribution in [2.45, 2.75) is 32.0 Å². The van der Waals surface area contributed by atoms with Crippen LogP contribution in [-0.4, -0.2) is 17.7 Å². The highest BCUT2D eigenvalue weighted by Crippen LogP contribution is 2.25. The van der Waals surface area contributed by atoms with Gasteiger partial charge in [-0.1, -0.05) is 72.3 Å². The summed E-state index contributed by atoms with van der Waals surface area (Å²) >= 11 is 6.18. The van der Waals surface area contributed by atoms with Gasteiger partial charge in [-0.3, -0.25) is 4.79 Å². The van der Waals surface area contributed by atoms with Crippen LogP contribution in [0.1, 0.15) is 36.1 Å². The minimum atomic E-state index is -0.372. The van der Waals surface area contributed by atoms with Crippen molar-refractivity contribution in [3.63, 3.8) is 0 Å². The predicted octanol–water partition coefficient (Wildman–Crippen LogP) is 4.37. The lowest BCUT2D eigenvalue weighted by atomic mass is 10.0. The molecule has 1 aliphatic heterocycles. The standard InChI is InChI=1S/C25H25ClN4O2/c1-17(18-7-3-2-4-8-18)27-30-25(31)24-15-23(28-29-24)19-11-13-21(14-12-19)32-16-20-9-5-6-10-22(20)26/h2-14,23-24,28-29H,15-16H2,1H3,(H,30,31)/b27-17+. The van der Waals surface area contributed by atoms with E-state index in [1.54, 1.807) is 0 Å². The Balaban J connectivity index is 1.29. The zero-order valence-corrected chi connectivity index (χ0v) is 18.5. The number of amides is 1. The summed E-state index contributed by atoms with van der Waals surface area (Å²) < 4.78 is 5.84. The summed E-state index contributed by atoms with van der Waals surface area (Å²) in [5.41, 5.74) is 12.7. The Kier molecular flexibility index (Phi) is 7.17. The van der Waals surface area contributed by atoms with Gasteiger partial charge in [-0.05, 0) is 42.7 Å². The number of hydrogen-bond donors (Lipinski definition) is 3. The average Bonchev–Trinajstić information content (AvgIpc) is 3.33. The monoisotopic (exact) mass is 448 g/mol. The van der Waals surface area contributed by atoms with E-state index in [4.69, 9.17) is 16.3 Å². The molecule has 3 N–H and O–H groups in total. The van der Waals surface area contributed by atoms with Gasteiger partial charge < -0.3 is 4.74 Å². The lowest BCUT2D eigenvalue weighted by molar-refractivity contribution is -0.122. The second-order valence-electron chi connectivity index (χ2n) is 7.62. The van der Waals surface area contributed by atoms with Crippen LogP contribution in [-0.2, 0) is 11.4 Å². The van der Waals surface area contributed by atoms with Gasteiger partial charge in [-0.2, -0.15) is 5.10 Å². The molecule has 3 aromatic carbocycles. The number of carbonyl (C=O) groups is 1. The van der Waals surface area contributed by atoms with Crippen LogP contribution in [0.5, 0.6) is 5.75 Å². The number of hydrazine groups is 1. The van der Waals surface area contributed by atoms with Crippen molar-refractivity contribution in [2.24, 2.45) is 5.10 Å². The van der Waals surface area contributed by atoms with Crippen LogP contribution in [0, 0.1) is 0 Å². The van der Waals surface area contributed by atoms with Crippen LogP contribution >= 0.6 is 11.6 Å². The molecule has 0 aliphatic carbocycles. The van der Waals surface area contributed by atoms with Gasteiger partial charge in [0.25, 0.3) is 5.91 Å². The number of carbonyl (C=O) groups excluding carboxylic acids is 1. The summed E-state index contributed by atoms with van der Waals surface area (Å²) in [6, 6.07) is 24.9. The molecule has 1 saturated heterocycles. The second-order valence-corrected chi connectivity index (χ2v) is 8.03. The maximum absolute atomic E-state index is 12.5. The number of benzene rings is 3. The molecule has 0 radical (unpaired) electrons. The molecule has 0 spiro atoms. The first kappa shape index (κ1) is 22.0. The summed E-state index contributed by atoms with van der Waals surface area (Å²) in [7, 11) is 0. The molecule has 1 amide bonds. The molecule has 32 heavy (non-hydrogen) atoms. The van der Waals surface area contributed by atoms with Crippen molar-refractivity contribution in [3.8, 4) is 5.75 Å². The van der Waals surface area contributed by atoms with Crippen LogP contribution in [0.2, 0.25) is 5.02 Å². The topological polar surface area (TPSA) is 74.8 Å². The smallest absolute Gasteiger partial charge is 0.258 e. The van der Waals surface area contributed by atoms with Gasteiger partial charge in [-0.15, -0.1) is 0 Å². The largest absolute Gasteiger partial charge is 0.489 e. The van der Waals surface area contributed by atoms with Crippen LogP contribution < -0.4 is 21.0 Å². The third kappa shape index (κ3) is 5.53. The van der Waals surface area contributed by atoms with Crippen LogP contribution in [0.15, 0.2) is 84.0 Å². The van der Waals surface area contributed by atoms with Crippen LogP contribution in [0.3, 0.4) is 0 Å². The third-order valence-corrected chi connectivity index (χ3v) is 5.75. The number of nitrogens with zero attached hydrogens (tertiary/aromatic N) is 1. The maximum atomic E-state index is 12.5. The Morgan fingerprint density at radius 1 is 1.03 bits per heavy atom. The van der Waals surface area contributed by atoms with E-state index in [1.807, 2.05) is 85.8 Å². The van der Waals surface area contributed by atoms with Gasteiger partial charge in [-0.25, -0.2) is 16.3 Å². The fourth-order valence-electron chi connectivity index (χ4n) is 3.48. The van der Waals surface area contributed by atoms with Gasteiger partial charge >= 0.3 is 0 Å². The van der Waals surface area contributed by atoms with Crippen molar-refractivity contribution >= 4 is 23.2 Å². The lowest BCUT2D eigenvalue weighted by Gasteiger charge is -2.12. The van der Waals surface area contributed by atoms with Gasteiger partial charge in [0, 0.05) is 16.6 Å². The highest BCUT2D eigenvalue weighted by Gasteiger charge is 2.30. The normalized spacial score (nSPS) is 18.4. The molecule has 4 rings (SSSR count). The van der Waals surface area contributed by atoms with Gasteiger partial charge in [0.1, 0.15) is 18.4 Å². The Morgan fingerprint density at radius 2 is 1.75 bits per heavy atom. The van der Waals surface area contributed by atoms with Gasteiger partial charge in [0.2, 0.25) is 0 Å². The quantitative estimate of drug-likeness (QED) is 0.370. The number of hydrazone groups is 1. The minimum Gasteiger partial charge on any atom is -0.489 e. The zero-order chi connectivity index (χ0) is 22.3. The second kappa shape index (κ2) is 10.4. The predicted molar refractivity (Wildman–Crippen MR) is 126 cm³/mol. The molecule has 1 aliphatic rings. The summed E-state index contributed by atoms with van der Waals surface area (Å²) in [5.74, 6) is 0.592. The number of halogens is 1.